The number of esters is 1. The number of ether oxygens (including phenoxy) is 2. The predicted molar refractivity (Wildman–Crippen MR) is 158 cm³/mol. The summed E-state index contributed by atoms with van der Waals surface area (Å²) in [4.78, 5) is 60.7. The van der Waals surface area contributed by atoms with E-state index in [9.17, 15) is 24.3 Å². The number of likely N-dealkylation sites (tertiary alicyclic amines) is 1. The molecule has 3 amide bonds. The van der Waals surface area contributed by atoms with Crippen LogP contribution in [-0.2, 0) is 28.7 Å². The van der Waals surface area contributed by atoms with Crippen LogP contribution in [0, 0.1) is 11.8 Å². The molecule has 10 heteroatoms. The maximum atomic E-state index is 14.4. The van der Waals surface area contributed by atoms with E-state index < -0.39 is 47.7 Å². The van der Waals surface area contributed by atoms with Gasteiger partial charge in [-0.2, -0.15) is 0 Å². The Morgan fingerprint density at radius 2 is 1.79 bits per heavy atom. The molecule has 43 heavy (non-hydrogen) atoms. The largest absolute Gasteiger partial charge is 0.455 e. The lowest BCUT2D eigenvalue weighted by molar-refractivity contribution is -0.164. The number of hydrogen-bond acceptors (Lipinski definition) is 7. The van der Waals surface area contributed by atoms with E-state index in [1.165, 1.54) is 0 Å². The van der Waals surface area contributed by atoms with Crippen molar-refractivity contribution in [3.05, 3.63) is 60.2 Å². The van der Waals surface area contributed by atoms with Gasteiger partial charge in [-0.1, -0.05) is 54.6 Å². The van der Waals surface area contributed by atoms with Gasteiger partial charge >= 0.3 is 5.97 Å². The number of fused-ring (bicyclic) bond motifs is 2. The minimum Gasteiger partial charge on any atom is -0.455 e. The number of amides is 3. The average Bonchev–Trinajstić information content (AvgIpc) is 3.64. The lowest BCUT2D eigenvalue weighted by Gasteiger charge is -2.37. The average molecular weight is 594 g/mol. The van der Waals surface area contributed by atoms with Crippen LogP contribution in [-0.4, -0.2) is 100 Å². The van der Waals surface area contributed by atoms with E-state index >= 15 is 0 Å². The second-order valence-corrected chi connectivity index (χ2v) is 12.3. The summed E-state index contributed by atoms with van der Waals surface area (Å²) in [7, 11) is 1.71. The van der Waals surface area contributed by atoms with Crippen LogP contribution in [0.2, 0.25) is 0 Å². The number of nitrogens with zero attached hydrogens (tertiary/aromatic N) is 3. The highest BCUT2D eigenvalue weighted by atomic mass is 16.6. The Balaban J connectivity index is 1.58. The number of benzene rings is 1. The number of rotatable bonds is 6. The highest BCUT2D eigenvalue weighted by Gasteiger charge is 2.73. The summed E-state index contributed by atoms with van der Waals surface area (Å²) in [6.45, 7) is 6.23. The summed E-state index contributed by atoms with van der Waals surface area (Å²) in [5.74, 6) is -3.13. The highest BCUT2D eigenvalue weighted by molar-refractivity contribution is 5.99. The molecule has 0 aromatic heterocycles. The Labute approximate surface area is 253 Å². The summed E-state index contributed by atoms with van der Waals surface area (Å²) >= 11 is 0. The first-order valence-corrected chi connectivity index (χ1v) is 15.4. The van der Waals surface area contributed by atoms with E-state index in [1.54, 1.807) is 33.9 Å². The first kappa shape index (κ1) is 30.9. The normalized spacial score (nSPS) is 33.9. The van der Waals surface area contributed by atoms with Crippen molar-refractivity contribution in [2.75, 3.05) is 26.7 Å². The monoisotopic (exact) mass is 593 g/mol. The van der Waals surface area contributed by atoms with Gasteiger partial charge < -0.3 is 29.3 Å². The smallest absolute Gasteiger partial charge is 0.313 e. The molecule has 0 radical (unpaired) electrons. The van der Waals surface area contributed by atoms with Crippen molar-refractivity contribution in [1.82, 2.24) is 14.7 Å². The molecule has 10 nitrogen and oxygen atoms in total. The molecule has 1 N–H and O–H groups in total. The third-order valence-electron chi connectivity index (χ3n) is 9.40. The van der Waals surface area contributed by atoms with Gasteiger partial charge in [0.25, 0.3) is 0 Å². The molecule has 1 aromatic rings. The summed E-state index contributed by atoms with van der Waals surface area (Å²) in [6.07, 6.45) is 7.61. The Morgan fingerprint density at radius 1 is 1.05 bits per heavy atom. The van der Waals surface area contributed by atoms with E-state index in [0.717, 1.165) is 5.56 Å². The molecule has 1 spiro atoms. The van der Waals surface area contributed by atoms with Crippen LogP contribution in [0.3, 0.4) is 0 Å². The Hall–Kier alpha value is -3.50. The quantitative estimate of drug-likeness (QED) is 0.306. The van der Waals surface area contributed by atoms with Gasteiger partial charge in [0.15, 0.2) is 0 Å². The van der Waals surface area contributed by atoms with Gasteiger partial charge in [0.05, 0.1) is 18.1 Å². The van der Waals surface area contributed by atoms with Gasteiger partial charge in [0, 0.05) is 39.2 Å². The van der Waals surface area contributed by atoms with E-state index in [4.69, 9.17) is 9.47 Å². The van der Waals surface area contributed by atoms with Gasteiger partial charge in [-0.25, -0.2) is 0 Å². The number of likely N-dealkylation sites (N-methyl/N-ethyl adjacent to an activating group) is 1. The minimum absolute atomic E-state index is 0.0262. The molecule has 2 saturated heterocycles. The van der Waals surface area contributed by atoms with Crippen molar-refractivity contribution in [2.24, 2.45) is 11.8 Å². The standard InChI is InChI=1S/C33H43N3O7/c1-21(2)35-18-10-6-9-15-25(38)34(4)22(3)28(23-13-7-5-8-14-23)42-32(41)26-24-16-17-33(43-24)27(26)30(39)36(19-11-12-20-37)29(33)31(35)40/h5-8,10,13-14,16-17,21-22,24,26-29,37H,9,11-12,15,18-20H2,1-4H3/b10-6-/t22-,24+,26-,27-,28+,29+,33-/m1/s1. The lowest BCUT2D eigenvalue weighted by Crippen LogP contribution is -2.57. The lowest BCUT2D eigenvalue weighted by atomic mass is 9.74. The molecule has 1 aromatic carbocycles. The van der Waals surface area contributed by atoms with Crippen LogP contribution in [0.25, 0.3) is 0 Å². The fourth-order valence-corrected chi connectivity index (χ4v) is 6.97. The molecule has 4 heterocycles. The fraction of sp³-hybridized carbons (Fsp3) is 0.576. The van der Waals surface area contributed by atoms with Crippen LogP contribution >= 0.6 is 0 Å². The molecule has 5 bridgehead atoms. The Kier molecular flexibility index (Phi) is 9.08. The molecule has 7 atom stereocenters. The topological polar surface area (TPSA) is 117 Å². The van der Waals surface area contributed by atoms with Gasteiger partial charge in [0.1, 0.15) is 23.7 Å². The van der Waals surface area contributed by atoms with Crippen molar-refractivity contribution in [3.8, 4) is 0 Å². The molecule has 5 rings (SSSR count). The molecule has 0 saturated carbocycles. The summed E-state index contributed by atoms with van der Waals surface area (Å²) in [5.41, 5.74) is -0.563. The summed E-state index contributed by atoms with van der Waals surface area (Å²) < 4.78 is 12.7. The molecular weight excluding hydrogens is 550 g/mol. The van der Waals surface area contributed by atoms with Crippen molar-refractivity contribution in [3.63, 3.8) is 0 Å². The first-order valence-electron chi connectivity index (χ1n) is 15.4. The number of allylic oxidation sites excluding steroid dienone is 1. The maximum Gasteiger partial charge on any atom is 0.313 e. The SMILES string of the molecule is CC(C)N1C/C=C\CCC(=O)N(C)[C@H](C)[C@@H](c2ccccc2)OC(=O)[C@@H]2[C@@H]3C=C[C@]4(O3)[C@H](C1=O)N(CCCCO)C(=O)[C@@H]24. The number of unbranched alkanes of at least 4 members (excludes halogenated alkanes) is 1. The third-order valence-corrected chi connectivity index (χ3v) is 9.40. The number of carbonyl (C=O) groups is 4. The second-order valence-electron chi connectivity index (χ2n) is 12.3. The van der Waals surface area contributed by atoms with Crippen molar-refractivity contribution >= 4 is 23.7 Å². The Morgan fingerprint density at radius 3 is 2.49 bits per heavy atom. The number of carbonyl (C=O) groups excluding carboxylic acids is 4. The van der Waals surface area contributed by atoms with E-state index in [2.05, 4.69) is 0 Å². The van der Waals surface area contributed by atoms with E-state index in [0.29, 0.717) is 25.8 Å². The molecule has 232 valence electrons. The number of aliphatic hydroxyl groups excluding tert-OH is 1. The molecular formula is C33H43N3O7. The summed E-state index contributed by atoms with van der Waals surface area (Å²) in [5, 5.41) is 9.42. The number of cyclic esters (lactones) is 1. The van der Waals surface area contributed by atoms with Crippen LogP contribution in [0.5, 0.6) is 0 Å². The molecule has 0 aliphatic carbocycles. The third kappa shape index (κ3) is 5.51. The minimum atomic E-state index is -1.30. The highest BCUT2D eigenvalue weighted by Crippen LogP contribution is 2.56. The predicted octanol–water partition coefficient (Wildman–Crippen LogP) is 2.63. The zero-order chi connectivity index (χ0) is 30.9. The summed E-state index contributed by atoms with van der Waals surface area (Å²) in [6, 6.07) is 7.68. The van der Waals surface area contributed by atoms with Gasteiger partial charge in [0.2, 0.25) is 17.7 Å². The second kappa shape index (κ2) is 12.6. The zero-order valence-electron chi connectivity index (χ0n) is 25.4. The number of hydrogen-bond donors (Lipinski definition) is 1. The molecule has 4 aliphatic rings. The molecule has 2 fully saturated rings. The van der Waals surface area contributed by atoms with Gasteiger partial charge in [-0.05, 0) is 45.6 Å². The van der Waals surface area contributed by atoms with E-state index in [-0.39, 0.29) is 43.3 Å². The molecule has 0 unspecified atom stereocenters. The van der Waals surface area contributed by atoms with Crippen molar-refractivity contribution < 1.29 is 33.8 Å². The van der Waals surface area contributed by atoms with Crippen LogP contribution in [0.1, 0.15) is 58.1 Å². The number of aliphatic hydroxyl groups is 1. The van der Waals surface area contributed by atoms with Crippen LogP contribution in [0.15, 0.2) is 54.6 Å². The van der Waals surface area contributed by atoms with Gasteiger partial charge in [-0.3, -0.25) is 19.2 Å². The van der Waals surface area contributed by atoms with Crippen molar-refractivity contribution in [1.29, 1.82) is 0 Å². The van der Waals surface area contributed by atoms with Gasteiger partial charge in [-0.15, -0.1) is 0 Å². The first-order chi connectivity index (χ1) is 20.6. The fourth-order valence-electron chi connectivity index (χ4n) is 6.97. The molecule has 4 aliphatic heterocycles. The van der Waals surface area contributed by atoms with Crippen LogP contribution in [0.4, 0.5) is 0 Å². The maximum absolute atomic E-state index is 14.4. The zero-order valence-corrected chi connectivity index (χ0v) is 25.4. The Bertz CT molecular complexity index is 1280. The van der Waals surface area contributed by atoms with E-state index in [1.807, 2.05) is 63.3 Å². The van der Waals surface area contributed by atoms with Crippen molar-refractivity contribution in [2.45, 2.75) is 82.4 Å². The van der Waals surface area contributed by atoms with Crippen LogP contribution < -0.4 is 0 Å².